The molecule has 0 bridgehead atoms. The van der Waals surface area contributed by atoms with Crippen LogP contribution in [0.15, 0.2) is 79.3 Å². The Labute approximate surface area is 266 Å². The van der Waals surface area contributed by atoms with Gasteiger partial charge in [-0.15, -0.1) is 0 Å². The van der Waals surface area contributed by atoms with Crippen molar-refractivity contribution in [2.45, 2.75) is 50.9 Å². The Morgan fingerprint density at radius 1 is 1.07 bits per heavy atom. The molecule has 0 spiro atoms. The van der Waals surface area contributed by atoms with E-state index in [1.807, 2.05) is 36.8 Å². The number of aryl methyl sites for hydroxylation is 1. The van der Waals surface area contributed by atoms with Crippen molar-refractivity contribution >= 4 is 29.4 Å². The molecule has 4 aromatic rings. The molecule has 1 aliphatic rings. The molecule has 2 heterocycles. The van der Waals surface area contributed by atoms with Crippen molar-refractivity contribution in [3.63, 3.8) is 0 Å². The molecular formula is C34H36ClN5O5. The van der Waals surface area contributed by atoms with E-state index in [0.29, 0.717) is 48.9 Å². The minimum atomic E-state index is -0.900. The Balaban J connectivity index is 1.22. The molecule has 4 N–H and O–H groups in total. The lowest BCUT2D eigenvalue weighted by Gasteiger charge is -2.28. The Bertz CT molecular complexity index is 1640. The average molecular weight is 630 g/mol. The van der Waals surface area contributed by atoms with E-state index in [0.717, 1.165) is 34.4 Å². The predicted molar refractivity (Wildman–Crippen MR) is 170 cm³/mol. The van der Waals surface area contributed by atoms with Crippen LogP contribution in [-0.2, 0) is 40.3 Å². The maximum Gasteiger partial charge on any atom is 0.305 e. The maximum absolute atomic E-state index is 13.4. The fourth-order valence-corrected chi connectivity index (χ4v) is 5.48. The van der Waals surface area contributed by atoms with Crippen molar-refractivity contribution in [3.8, 4) is 5.75 Å². The molecule has 234 valence electrons. The van der Waals surface area contributed by atoms with Gasteiger partial charge in [0, 0.05) is 55.2 Å². The standard InChI is InChI=1S/C34H36ClN5O5/c1-44-31(41)14-11-22-5-7-24(8-6-22)20-40-21-37-18-26(40)19-38-29-15-16-45-32-27(29)3-2-4-28(32)34(43)39-30(33(36)42)17-23-9-12-25(35)13-10-23/h2-10,12-13,18,21,29-30,38H,11,14-17,19-20H2,1H3,(H2,36,42)(H,39,43). The van der Waals surface area contributed by atoms with Crippen LogP contribution in [0.4, 0.5) is 0 Å². The highest BCUT2D eigenvalue weighted by molar-refractivity contribution is 6.30. The van der Waals surface area contributed by atoms with Crippen LogP contribution in [0, 0.1) is 0 Å². The average Bonchev–Trinajstić information content (AvgIpc) is 3.50. The van der Waals surface area contributed by atoms with Crippen LogP contribution in [0.2, 0.25) is 5.02 Å². The number of benzene rings is 3. The van der Waals surface area contributed by atoms with E-state index in [1.54, 1.807) is 30.3 Å². The summed E-state index contributed by atoms with van der Waals surface area (Å²) in [5, 5.41) is 6.98. The van der Waals surface area contributed by atoms with Gasteiger partial charge in [-0.1, -0.05) is 60.1 Å². The van der Waals surface area contributed by atoms with Crippen LogP contribution in [0.1, 0.15) is 57.2 Å². The zero-order valence-electron chi connectivity index (χ0n) is 25.0. The minimum Gasteiger partial charge on any atom is -0.492 e. The number of amides is 2. The van der Waals surface area contributed by atoms with Gasteiger partial charge < -0.3 is 30.4 Å². The fraction of sp³-hybridized carbons (Fsp3) is 0.294. The van der Waals surface area contributed by atoms with Crippen LogP contribution in [-0.4, -0.2) is 47.1 Å². The molecule has 11 heteroatoms. The SMILES string of the molecule is COC(=O)CCc1ccc(Cn2cncc2CNC2CCOc3c(C(=O)NC(Cc4ccc(Cl)cc4)C(N)=O)cccc32)cc1. The number of carbonyl (C=O) groups excluding carboxylic acids is 3. The van der Waals surface area contributed by atoms with Gasteiger partial charge in [0.1, 0.15) is 11.8 Å². The van der Waals surface area contributed by atoms with E-state index >= 15 is 0 Å². The Hall–Kier alpha value is -4.67. The number of para-hydroxylation sites is 1. The summed E-state index contributed by atoms with van der Waals surface area (Å²) in [6.45, 7) is 1.64. The molecule has 2 amide bonds. The number of hydrogen-bond acceptors (Lipinski definition) is 7. The molecule has 1 aromatic heterocycles. The molecule has 5 rings (SSSR count). The number of halogens is 1. The van der Waals surface area contributed by atoms with E-state index in [1.165, 1.54) is 7.11 Å². The van der Waals surface area contributed by atoms with Crippen molar-refractivity contribution in [2.75, 3.05) is 13.7 Å². The molecule has 10 nitrogen and oxygen atoms in total. The smallest absolute Gasteiger partial charge is 0.305 e. The van der Waals surface area contributed by atoms with Gasteiger partial charge in [0.05, 0.1) is 31.3 Å². The molecule has 0 radical (unpaired) electrons. The van der Waals surface area contributed by atoms with Gasteiger partial charge in [0.15, 0.2) is 0 Å². The van der Waals surface area contributed by atoms with E-state index < -0.39 is 17.9 Å². The van der Waals surface area contributed by atoms with Gasteiger partial charge in [0.2, 0.25) is 5.91 Å². The van der Waals surface area contributed by atoms with E-state index in [9.17, 15) is 14.4 Å². The first-order valence-electron chi connectivity index (χ1n) is 14.8. The van der Waals surface area contributed by atoms with Crippen LogP contribution >= 0.6 is 11.6 Å². The second kappa shape index (κ2) is 14.9. The molecule has 2 unspecified atom stereocenters. The lowest BCUT2D eigenvalue weighted by molar-refractivity contribution is -0.140. The minimum absolute atomic E-state index is 0.0556. The second-order valence-corrected chi connectivity index (χ2v) is 11.4. The second-order valence-electron chi connectivity index (χ2n) is 11.0. The van der Waals surface area contributed by atoms with Crippen LogP contribution < -0.4 is 21.1 Å². The summed E-state index contributed by atoms with van der Waals surface area (Å²) in [6.07, 6.45) is 5.60. The monoisotopic (exact) mass is 629 g/mol. The van der Waals surface area contributed by atoms with Crippen molar-refractivity contribution in [1.29, 1.82) is 0 Å². The number of esters is 1. The number of aromatic nitrogens is 2. The number of methoxy groups -OCH3 is 1. The first kappa shape index (κ1) is 31.7. The number of ether oxygens (including phenoxy) is 2. The van der Waals surface area contributed by atoms with Crippen LogP contribution in [0.5, 0.6) is 5.75 Å². The van der Waals surface area contributed by atoms with E-state index in [4.69, 9.17) is 26.8 Å². The number of carbonyl (C=O) groups is 3. The normalized spacial score (nSPS) is 14.6. The molecule has 0 aliphatic carbocycles. The number of fused-ring (bicyclic) bond motifs is 1. The summed E-state index contributed by atoms with van der Waals surface area (Å²) in [4.78, 5) is 41.4. The van der Waals surface area contributed by atoms with E-state index in [-0.39, 0.29) is 18.4 Å². The van der Waals surface area contributed by atoms with Crippen LogP contribution in [0.25, 0.3) is 0 Å². The number of nitrogens with zero attached hydrogens (tertiary/aromatic N) is 2. The van der Waals surface area contributed by atoms with Crippen molar-refractivity contribution in [1.82, 2.24) is 20.2 Å². The van der Waals surface area contributed by atoms with Gasteiger partial charge in [-0.05, 0) is 41.3 Å². The summed E-state index contributed by atoms with van der Waals surface area (Å²) >= 11 is 5.98. The molecule has 0 saturated carbocycles. The van der Waals surface area contributed by atoms with Gasteiger partial charge >= 0.3 is 5.97 Å². The third kappa shape index (κ3) is 8.29. The zero-order valence-corrected chi connectivity index (χ0v) is 25.8. The third-order valence-corrected chi connectivity index (χ3v) is 8.12. The molecular weight excluding hydrogens is 594 g/mol. The molecule has 45 heavy (non-hydrogen) atoms. The number of hydrogen-bond donors (Lipinski definition) is 3. The third-order valence-electron chi connectivity index (χ3n) is 7.87. The van der Waals surface area contributed by atoms with Crippen LogP contribution in [0.3, 0.4) is 0 Å². The first-order chi connectivity index (χ1) is 21.8. The van der Waals surface area contributed by atoms with Gasteiger partial charge in [-0.2, -0.15) is 0 Å². The summed E-state index contributed by atoms with van der Waals surface area (Å²) in [5.41, 5.74) is 10.9. The topological polar surface area (TPSA) is 138 Å². The van der Waals surface area contributed by atoms with Crippen molar-refractivity contribution in [3.05, 3.63) is 118 Å². The molecule has 1 aliphatic heterocycles. The number of primary amides is 1. The quantitative estimate of drug-likeness (QED) is 0.189. The summed E-state index contributed by atoms with van der Waals surface area (Å²) < 4.78 is 12.8. The Morgan fingerprint density at radius 2 is 1.80 bits per heavy atom. The molecule has 0 fully saturated rings. The number of nitrogens with two attached hydrogens (primary N) is 1. The van der Waals surface area contributed by atoms with Gasteiger partial charge in [-0.3, -0.25) is 14.4 Å². The summed E-state index contributed by atoms with van der Waals surface area (Å²) in [7, 11) is 1.40. The zero-order chi connectivity index (χ0) is 31.8. The molecule has 0 saturated heterocycles. The van der Waals surface area contributed by atoms with Gasteiger partial charge in [0.25, 0.3) is 5.91 Å². The first-order valence-corrected chi connectivity index (χ1v) is 15.2. The van der Waals surface area contributed by atoms with Crippen molar-refractivity contribution in [2.24, 2.45) is 5.73 Å². The highest BCUT2D eigenvalue weighted by Gasteiger charge is 2.28. The van der Waals surface area contributed by atoms with Gasteiger partial charge in [-0.25, -0.2) is 4.98 Å². The maximum atomic E-state index is 13.4. The Kier molecular flexibility index (Phi) is 10.5. The summed E-state index contributed by atoms with van der Waals surface area (Å²) in [6, 6.07) is 19.7. The van der Waals surface area contributed by atoms with E-state index in [2.05, 4.69) is 32.3 Å². The predicted octanol–water partition coefficient (Wildman–Crippen LogP) is 4.13. The number of imidazole rings is 1. The number of nitrogens with one attached hydrogen (secondary N) is 2. The fourth-order valence-electron chi connectivity index (χ4n) is 5.35. The lowest BCUT2D eigenvalue weighted by atomic mass is 9.96. The summed E-state index contributed by atoms with van der Waals surface area (Å²) in [5.74, 6) is -0.785. The largest absolute Gasteiger partial charge is 0.492 e. The highest BCUT2D eigenvalue weighted by atomic mass is 35.5. The highest BCUT2D eigenvalue weighted by Crippen LogP contribution is 2.35. The molecule has 2 atom stereocenters. The van der Waals surface area contributed by atoms with Crippen molar-refractivity contribution < 1.29 is 23.9 Å². The Morgan fingerprint density at radius 3 is 2.53 bits per heavy atom. The lowest BCUT2D eigenvalue weighted by Crippen LogP contribution is -2.46. The number of rotatable bonds is 13. The molecule has 3 aromatic carbocycles.